The van der Waals surface area contributed by atoms with E-state index in [2.05, 4.69) is 20.6 Å². The van der Waals surface area contributed by atoms with E-state index < -0.39 is 0 Å². The molecule has 1 rings (SSSR count). The average molecular weight is 408 g/mol. The molecule has 0 saturated carbocycles. The first-order valence-electron chi connectivity index (χ1n) is 6.73. The highest BCUT2D eigenvalue weighted by molar-refractivity contribution is 14.0. The third kappa shape index (κ3) is 8.05. The number of ether oxygens (including phenoxy) is 2. The second-order valence-electron chi connectivity index (χ2n) is 4.37. The summed E-state index contributed by atoms with van der Waals surface area (Å²) in [6, 6.07) is 5.84. The van der Waals surface area contributed by atoms with E-state index in [1.54, 1.807) is 14.2 Å². The van der Waals surface area contributed by atoms with Crippen molar-refractivity contribution in [2.45, 2.75) is 26.4 Å². The molecule has 0 aromatic carbocycles. The van der Waals surface area contributed by atoms with Gasteiger partial charge < -0.3 is 20.1 Å². The largest absolute Gasteiger partial charge is 0.481 e. The zero-order valence-electron chi connectivity index (χ0n) is 13.0. The maximum Gasteiger partial charge on any atom is 0.213 e. The van der Waals surface area contributed by atoms with E-state index in [1.807, 2.05) is 32.0 Å². The van der Waals surface area contributed by atoms with Gasteiger partial charge in [-0.3, -0.25) is 0 Å². The van der Waals surface area contributed by atoms with E-state index >= 15 is 0 Å². The fourth-order valence-electron chi connectivity index (χ4n) is 1.66. The van der Waals surface area contributed by atoms with Crippen LogP contribution in [0.2, 0.25) is 0 Å². The predicted molar refractivity (Wildman–Crippen MR) is 95.5 cm³/mol. The first-order chi connectivity index (χ1) is 9.69. The fraction of sp³-hybridized carbons (Fsp3) is 0.571. The number of rotatable bonds is 7. The third-order valence-electron chi connectivity index (χ3n) is 2.53. The van der Waals surface area contributed by atoms with Crippen molar-refractivity contribution < 1.29 is 9.47 Å². The van der Waals surface area contributed by atoms with Gasteiger partial charge in [0.25, 0.3) is 0 Å². The molecule has 6 nitrogen and oxygen atoms in total. The highest BCUT2D eigenvalue weighted by atomic mass is 127. The van der Waals surface area contributed by atoms with Crippen LogP contribution in [0.3, 0.4) is 0 Å². The molecule has 0 saturated heterocycles. The zero-order valence-corrected chi connectivity index (χ0v) is 15.4. The smallest absolute Gasteiger partial charge is 0.213 e. The van der Waals surface area contributed by atoms with Gasteiger partial charge in [-0.05, 0) is 19.9 Å². The van der Waals surface area contributed by atoms with Crippen molar-refractivity contribution in [3.8, 4) is 5.88 Å². The van der Waals surface area contributed by atoms with E-state index in [1.165, 1.54) is 0 Å². The van der Waals surface area contributed by atoms with Gasteiger partial charge in [0.2, 0.25) is 5.88 Å². The number of hydrogen-bond donors (Lipinski definition) is 2. The van der Waals surface area contributed by atoms with Crippen LogP contribution in [0, 0.1) is 0 Å². The third-order valence-corrected chi connectivity index (χ3v) is 2.53. The normalized spacial score (nSPS) is 12.3. The second kappa shape index (κ2) is 11.6. The van der Waals surface area contributed by atoms with Crippen LogP contribution < -0.4 is 15.4 Å². The lowest BCUT2D eigenvalue weighted by Crippen LogP contribution is -2.43. The molecule has 0 aliphatic rings. The molecule has 120 valence electrons. The van der Waals surface area contributed by atoms with Crippen molar-refractivity contribution in [2.75, 3.05) is 27.4 Å². The summed E-state index contributed by atoms with van der Waals surface area (Å²) in [5.74, 6) is 1.35. The molecular formula is C14H25IN4O2. The van der Waals surface area contributed by atoms with Crippen LogP contribution >= 0.6 is 24.0 Å². The van der Waals surface area contributed by atoms with Gasteiger partial charge in [0.15, 0.2) is 5.96 Å². The van der Waals surface area contributed by atoms with Crippen molar-refractivity contribution in [3.05, 3.63) is 23.9 Å². The Morgan fingerprint density at radius 1 is 1.38 bits per heavy atom. The number of methoxy groups -OCH3 is 2. The molecule has 0 spiro atoms. The maximum atomic E-state index is 5.10. The minimum Gasteiger partial charge on any atom is -0.481 e. The lowest BCUT2D eigenvalue weighted by Gasteiger charge is -2.16. The number of hydrogen-bond acceptors (Lipinski definition) is 4. The van der Waals surface area contributed by atoms with E-state index in [9.17, 15) is 0 Å². The number of aromatic nitrogens is 1. The first kappa shape index (κ1) is 19.9. The van der Waals surface area contributed by atoms with Gasteiger partial charge >= 0.3 is 0 Å². The lowest BCUT2D eigenvalue weighted by atomic mass is 10.3. The first-order valence-corrected chi connectivity index (χ1v) is 6.73. The number of nitrogens with one attached hydrogen (secondary N) is 2. The molecule has 0 amide bonds. The Balaban J connectivity index is 0.00000400. The van der Waals surface area contributed by atoms with Crippen LogP contribution in [-0.2, 0) is 11.3 Å². The Hall–Kier alpha value is -1.09. The van der Waals surface area contributed by atoms with Gasteiger partial charge in [-0.15, -0.1) is 24.0 Å². The molecule has 0 bridgehead atoms. The van der Waals surface area contributed by atoms with Crippen LogP contribution in [0.15, 0.2) is 23.2 Å². The number of nitrogens with zero attached hydrogens (tertiary/aromatic N) is 2. The Labute approximate surface area is 143 Å². The van der Waals surface area contributed by atoms with Crippen LogP contribution in [-0.4, -0.2) is 44.4 Å². The van der Waals surface area contributed by atoms with Crippen molar-refractivity contribution in [1.29, 1.82) is 0 Å². The molecule has 1 unspecified atom stereocenters. The SMILES string of the molecule is CCNC(=NCc1cccc(OC)n1)NC(C)COC.I. The zero-order chi connectivity index (χ0) is 14.8. The standard InChI is InChI=1S/C14H24N4O2.HI/c1-5-15-14(17-11(2)10-19-3)16-9-12-7-6-8-13(18-12)20-4;/h6-8,11H,5,9-10H2,1-4H3,(H2,15,16,17);1H. The van der Waals surface area contributed by atoms with Crippen LogP contribution in [0.25, 0.3) is 0 Å². The molecule has 1 aromatic rings. The summed E-state index contributed by atoms with van der Waals surface area (Å²) in [6.07, 6.45) is 0. The topological polar surface area (TPSA) is 67.8 Å². The van der Waals surface area contributed by atoms with E-state index in [0.29, 0.717) is 19.0 Å². The van der Waals surface area contributed by atoms with Crippen LogP contribution in [0.5, 0.6) is 5.88 Å². The molecule has 0 radical (unpaired) electrons. The molecule has 0 aliphatic carbocycles. The second-order valence-corrected chi connectivity index (χ2v) is 4.37. The Bertz CT molecular complexity index is 429. The Morgan fingerprint density at radius 3 is 2.76 bits per heavy atom. The quantitative estimate of drug-likeness (QED) is 0.409. The van der Waals surface area contributed by atoms with Gasteiger partial charge in [0.05, 0.1) is 26.0 Å². The van der Waals surface area contributed by atoms with Crippen molar-refractivity contribution >= 4 is 29.9 Å². The highest BCUT2D eigenvalue weighted by Crippen LogP contribution is 2.07. The molecule has 2 N–H and O–H groups in total. The average Bonchev–Trinajstić information content (AvgIpc) is 2.45. The fourth-order valence-corrected chi connectivity index (χ4v) is 1.66. The predicted octanol–water partition coefficient (Wildman–Crippen LogP) is 1.80. The molecule has 1 aromatic heterocycles. The number of guanidine groups is 1. The molecule has 21 heavy (non-hydrogen) atoms. The summed E-state index contributed by atoms with van der Waals surface area (Å²) >= 11 is 0. The van der Waals surface area contributed by atoms with E-state index in [0.717, 1.165) is 18.2 Å². The van der Waals surface area contributed by atoms with Crippen molar-refractivity contribution in [2.24, 2.45) is 4.99 Å². The van der Waals surface area contributed by atoms with E-state index in [4.69, 9.17) is 9.47 Å². The lowest BCUT2D eigenvalue weighted by molar-refractivity contribution is 0.179. The molecule has 0 fully saturated rings. The maximum absolute atomic E-state index is 5.10. The summed E-state index contributed by atoms with van der Waals surface area (Å²) in [6.45, 7) is 5.99. The summed E-state index contributed by atoms with van der Waals surface area (Å²) in [7, 11) is 3.29. The van der Waals surface area contributed by atoms with Crippen molar-refractivity contribution in [3.63, 3.8) is 0 Å². The molecule has 7 heteroatoms. The van der Waals surface area contributed by atoms with Gasteiger partial charge in [-0.1, -0.05) is 6.07 Å². The Morgan fingerprint density at radius 2 is 2.14 bits per heavy atom. The summed E-state index contributed by atoms with van der Waals surface area (Å²) < 4.78 is 10.2. The van der Waals surface area contributed by atoms with Gasteiger partial charge in [0, 0.05) is 25.8 Å². The molecule has 1 heterocycles. The monoisotopic (exact) mass is 408 g/mol. The van der Waals surface area contributed by atoms with Crippen LogP contribution in [0.1, 0.15) is 19.5 Å². The van der Waals surface area contributed by atoms with Crippen molar-refractivity contribution in [1.82, 2.24) is 15.6 Å². The minimum absolute atomic E-state index is 0. The highest BCUT2D eigenvalue weighted by Gasteiger charge is 2.04. The van der Waals surface area contributed by atoms with Crippen LogP contribution in [0.4, 0.5) is 0 Å². The Kier molecular flexibility index (Phi) is 11.0. The number of aliphatic imine (C=N–C) groups is 1. The van der Waals surface area contributed by atoms with Gasteiger partial charge in [-0.2, -0.15) is 0 Å². The number of halogens is 1. The molecule has 1 atom stereocenters. The van der Waals surface area contributed by atoms with Gasteiger partial charge in [-0.25, -0.2) is 9.98 Å². The van der Waals surface area contributed by atoms with Gasteiger partial charge in [0.1, 0.15) is 0 Å². The summed E-state index contributed by atoms with van der Waals surface area (Å²) in [4.78, 5) is 8.83. The number of pyridine rings is 1. The summed E-state index contributed by atoms with van der Waals surface area (Å²) in [5, 5.41) is 6.47. The molecular weight excluding hydrogens is 383 g/mol. The minimum atomic E-state index is 0. The molecule has 0 aliphatic heterocycles. The van der Waals surface area contributed by atoms with E-state index in [-0.39, 0.29) is 30.0 Å². The summed E-state index contributed by atoms with van der Waals surface area (Å²) in [5.41, 5.74) is 0.862.